The molecule has 0 aliphatic carbocycles. The van der Waals surface area contributed by atoms with Crippen molar-refractivity contribution in [2.24, 2.45) is 0 Å². The lowest BCUT2D eigenvalue weighted by Gasteiger charge is -2.06. The van der Waals surface area contributed by atoms with Crippen molar-refractivity contribution < 1.29 is 4.79 Å². The first-order chi connectivity index (χ1) is 13.3. The van der Waals surface area contributed by atoms with Crippen LogP contribution >= 0.6 is 0 Å². The van der Waals surface area contributed by atoms with Gasteiger partial charge in [-0.1, -0.05) is 72.8 Å². The zero-order valence-corrected chi connectivity index (χ0v) is 14.5. The van der Waals surface area contributed by atoms with E-state index >= 15 is 0 Å². The number of hydrogen-bond acceptors (Lipinski definition) is 4. The molecule has 0 aliphatic rings. The Kier molecular flexibility index (Phi) is 4.70. The van der Waals surface area contributed by atoms with Gasteiger partial charge >= 0.3 is 0 Å². The molecular weight excluding hydrogens is 338 g/mol. The van der Waals surface area contributed by atoms with Crippen molar-refractivity contribution in [2.45, 2.75) is 6.54 Å². The standard InChI is InChI=1S/C21H17N5O/c27-20(15-26-24-21(23-25-26)18-9-5-2-6-10-18)22-19-13-11-17(12-14-19)16-7-3-1-4-8-16/h1-14H,15H2,(H,22,27). The zero-order chi connectivity index (χ0) is 18.5. The number of aromatic nitrogens is 4. The summed E-state index contributed by atoms with van der Waals surface area (Å²) in [5, 5.41) is 15.0. The molecule has 0 aliphatic heterocycles. The van der Waals surface area contributed by atoms with Gasteiger partial charge < -0.3 is 5.32 Å². The monoisotopic (exact) mass is 355 g/mol. The van der Waals surface area contributed by atoms with E-state index in [0.29, 0.717) is 5.82 Å². The van der Waals surface area contributed by atoms with E-state index in [4.69, 9.17) is 0 Å². The molecule has 1 heterocycles. The van der Waals surface area contributed by atoms with E-state index in [1.807, 2.05) is 84.9 Å². The van der Waals surface area contributed by atoms with Gasteiger partial charge in [0.25, 0.3) is 0 Å². The summed E-state index contributed by atoms with van der Waals surface area (Å²) in [4.78, 5) is 13.5. The molecule has 132 valence electrons. The van der Waals surface area contributed by atoms with E-state index in [2.05, 4.69) is 20.7 Å². The SMILES string of the molecule is O=C(Cn1nnc(-c2ccccc2)n1)Nc1ccc(-c2ccccc2)cc1. The van der Waals surface area contributed by atoms with E-state index < -0.39 is 0 Å². The fourth-order valence-electron chi connectivity index (χ4n) is 2.72. The van der Waals surface area contributed by atoms with E-state index in [1.165, 1.54) is 4.80 Å². The predicted octanol–water partition coefficient (Wildman–Crippen LogP) is 3.65. The molecule has 0 spiro atoms. The number of nitrogens with zero attached hydrogens (tertiary/aromatic N) is 4. The summed E-state index contributed by atoms with van der Waals surface area (Å²) in [6.45, 7) is 0.000268. The molecule has 1 aromatic heterocycles. The number of benzene rings is 3. The Morgan fingerprint density at radius 1 is 0.778 bits per heavy atom. The maximum atomic E-state index is 12.2. The average Bonchev–Trinajstić information content (AvgIpc) is 3.18. The molecule has 3 aromatic carbocycles. The summed E-state index contributed by atoms with van der Waals surface area (Å²) in [5.74, 6) is 0.287. The van der Waals surface area contributed by atoms with Crippen LogP contribution in [-0.2, 0) is 11.3 Å². The van der Waals surface area contributed by atoms with Gasteiger partial charge in [0.1, 0.15) is 6.54 Å². The summed E-state index contributed by atoms with van der Waals surface area (Å²) in [6.07, 6.45) is 0. The molecule has 0 atom stereocenters. The summed E-state index contributed by atoms with van der Waals surface area (Å²) < 4.78 is 0. The Hall–Kier alpha value is -3.80. The van der Waals surface area contributed by atoms with Crippen molar-refractivity contribution in [3.05, 3.63) is 84.9 Å². The van der Waals surface area contributed by atoms with Crippen LogP contribution in [0.25, 0.3) is 22.5 Å². The highest BCUT2D eigenvalue weighted by Crippen LogP contribution is 2.21. The minimum atomic E-state index is -0.209. The summed E-state index contributed by atoms with van der Waals surface area (Å²) in [6, 6.07) is 27.3. The van der Waals surface area contributed by atoms with Crippen LogP contribution in [0.15, 0.2) is 84.9 Å². The van der Waals surface area contributed by atoms with Crippen LogP contribution in [0.1, 0.15) is 0 Å². The van der Waals surface area contributed by atoms with Crippen molar-refractivity contribution in [1.29, 1.82) is 0 Å². The van der Waals surface area contributed by atoms with Crippen molar-refractivity contribution in [3.8, 4) is 22.5 Å². The number of amides is 1. The highest BCUT2D eigenvalue weighted by molar-refractivity contribution is 5.90. The van der Waals surface area contributed by atoms with Crippen molar-refractivity contribution in [3.63, 3.8) is 0 Å². The fraction of sp³-hybridized carbons (Fsp3) is 0.0476. The van der Waals surface area contributed by atoms with Crippen molar-refractivity contribution in [1.82, 2.24) is 20.2 Å². The van der Waals surface area contributed by atoms with Gasteiger partial charge in [-0.15, -0.1) is 10.2 Å². The minimum absolute atomic E-state index is 0.000268. The van der Waals surface area contributed by atoms with Crippen LogP contribution in [-0.4, -0.2) is 26.1 Å². The molecular formula is C21H17N5O. The molecule has 1 N–H and O–H groups in total. The van der Waals surface area contributed by atoms with Crippen LogP contribution in [0.4, 0.5) is 5.69 Å². The Balaban J connectivity index is 1.39. The summed E-state index contributed by atoms with van der Waals surface area (Å²) >= 11 is 0. The van der Waals surface area contributed by atoms with Crippen LogP contribution < -0.4 is 5.32 Å². The number of tetrazole rings is 1. The summed E-state index contributed by atoms with van der Waals surface area (Å²) in [7, 11) is 0. The molecule has 4 aromatic rings. The first-order valence-corrected chi connectivity index (χ1v) is 8.56. The average molecular weight is 355 g/mol. The normalized spacial score (nSPS) is 10.5. The van der Waals surface area contributed by atoms with E-state index in [1.54, 1.807) is 0 Å². The molecule has 0 bridgehead atoms. The molecule has 1 amide bonds. The van der Waals surface area contributed by atoms with Gasteiger partial charge in [0.2, 0.25) is 11.7 Å². The van der Waals surface area contributed by atoms with Crippen molar-refractivity contribution >= 4 is 11.6 Å². The van der Waals surface area contributed by atoms with Gasteiger partial charge in [0.15, 0.2) is 0 Å². The van der Waals surface area contributed by atoms with Gasteiger partial charge in [-0.05, 0) is 28.5 Å². The number of carbonyl (C=O) groups excluding carboxylic acids is 1. The Morgan fingerprint density at radius 2 is 1.37 bits per heavy atom. The maximum absolute atomic E-state index is 12.2. The topological polar surface area (TPSA) is 72.7 Å². The van der Waals surface area contributed by atoms with Crippen LogP contribution in [0, 0.1) is 0 Å². The number of anilines is 1. The predicted molar refractivity (Wildman–Crippen MR) is 104 cm³/mol. The lowest BCUT2D eigenvalue weighted by atomic mass is 10.1. The third kappa shape index (κ3) is 4.07. The van der Waals surface area contributed by atoms with Crippen LogP contribution in [0.3, 0.4) is 0 Å². The molecule has 0 radical (unpaired) electrons. The van der Waals surface area contributed by atoms with Gasteiger partial charge in [0.05, 0.1) is 0 Å². The van der Waals surface area contributed by atoms with E-state index in [9.17, 15) is 4.79 Å². The highest BCUT2D eigenvalue weighted by atomic mass is 16.2. The minimum Gasteiger partial charge on any atom is -0.324 e. The number of nitrogens with one attached hydrogen (secondary N) is 1. The Bertz CT molecular complexity index is 1030. The quantitative estimate of drug-likeness (QED) is 0.593. The Morgan fingerprint density at radius 3 is 2.04 bits per heavy atom. The lowest BCUT2D eigenvalue weighted by molar-refractivity contribution is -0.117. The van der Waals surface area contributed by atoms with E-state index in [-0.39, 0.29) is 12.5 Å². The second-order valence-electron chi connectivity index (χ2n) is 6.00. The lowest BCUT2D eigenvalue weighted by Crippen LogP contribution is -2.20. The largest absolute Gasteiger partial charge is 0.324 e. The van der Waals surface area contributed by atoms with Gasteiger partial charge in [0, 0.05) is 11.3 Å². The third-order valence-electron chi connectivity index (χ3n) is 4.05. The molecule has 0 saturated heterocycles. The first-order valence-electron chi connectivity index (χ1n) is 8.56. The van der Waals surface area contributed by atoms with Crippen LogP contribution in [0.2, 0.25) is 0 Å². The van der Waals surface area contributed by atoms with Crippen LogP contribution in [0.5, 0.6) is 0 Å². The molecule has 27 heavy (non-hydrogen) atoms. The van der Waals surface area contributed by atoms with Gasteiger partial charge in [-0.3, -0.25) is 4.79 Å². The van der Waals surface area contributed by atoms with Gasteiger partial charge in [-0.2, -0.15) is 4.80 Å². The van der Waals surface area contributed by atoms with Crippen molar-refractivity contribution in [2.75, 3.05) is 5.32 Å². The maximum Gasteiger partial charge on any atom is 0.248 e. The van der Waals surface area contributed by atoms with E-state index in [0.717, 1.165) is 22.4 Å². The summed E-state index contributed by atoms with van der Waals surface area (Å²) in [5.41, 5.74) is 3.82. The number of carbonyl (C=O) groups is 1. The number of rotatable bonds is 5. The second kappa shape index (κ2) is 7.61. The smallest absolute Gasteiger partial charge is 0.248 e. The highest BCUT2D eigenvalue weighted by Gasteiger charge is 2.09. The van der Waals surface area contributed by atoms with Gasteiger partial charge in [-0.25, -0.2) is 0 Å². The second-order valence-corrected chi connectivity index (χ2v) is 6.00. The fourth-order valence-corrected chi connectivity index (χ4v) is 2.72. The molecule has 0 fully saturated rings. The molecule has 0 unspecified atom stereocenters. The molecule has 4 rings (SSSR count). The first kappa shape index (κ1) is 16.7. The number of hydrogen-bond donors (Lipinski definition) is 1. The Labute approximate surface area is 156 Å². The zero-order valence-electron chi connectivity index (χ0n) is 14.5. The molecule has 6 nitrogen and oxygen atoms in total. The molecule has 6 heteroatoms. The molecule has 0 saturated carbocycles. The third-order valence-corrected chi connectivity index (χ3v) is 4.05.